The molecule has 1 unspecified atom stereocenters. The molecule has 0 aromatic heterocycles. The van der Waals surface area contributed by atoms with Gasteiger partial charge in [-0.2, -0.15) is 0 Å². The van der Waals surface area contributed by atoms with Crippen LogP contribution < -0.4 is 0 Å². The van der Waals surface area contributed by atoms with Crippen molar-refractivity contribution in [3.8, 4) is 0 Å². The molecular weight excluding hydrogens is 216 g/mol. The van der Waals surface area contributed by atoms with Gasteiger partial charge in [-0.25, -0.2) is 0 Å². The van der Waals surface area contributed by atoms with E-state index in [1.807, 2.05) is 6.92 Å². The van der Waals surface area contributed by atoms with Gasteiger partial charge in [0.25, 0.3) is 0 Å². The van der Waals surface area contributed by atoms with E-state index in [9.17, 15) is 9.59 Å². The summed E-state index contributed by atoms with van der Waals surface area (Å²) in [6, 6.07) is 0. The Labute approximate surface area is 103 Å². The maximum atomic E-state index is 11.7. The van der Waals surface area contributed by atoms with Crippen molar-refractivity contribution >= 4 is 11.8 Å². The maximum Gasteiger partial charge on any atom is 0.318 e. The minimum absolute atomic E-state index is 0.115. The Morgan fingerprint density at radius 3 is 2.12 bits per heavy atom. The summed E-state index contributed by atoms with van der Waals surface area (Å²) in [4.78, 5) is 23.3. The quantitative estimate of drug-likeness (QED) is 0.319. The van der Waals surface area contributed by atoms with Gasteiger partial charge in [0, 0.05) is 0 Å². The fraction of sp³-hybridized carbons (Fsp3) is 0.429. The van der Waals surface area contributed by atoms with Gasteiger partial charge in [0.2, 0.25) is 5.78 Å². The zero-order chi connectivity index (χ0) is 13.4. The van der Waals surface area contributed by atoms with Gasteiger partial charge >= 0.3 is 5.97 Å². The molecule has 0 aromatic rings. The third-order valence-electron chi connectivity index (χ3n) is 2.05. The summed E-state index contributed by atoms with van der Waals surface area (Å²) in [6.07, 6.45) is 6.51. The predicted octanol–water partition coefficient (Wildman–Crippen LogP) is 3.18. The van der Waals surface area contributed by atoms with Gasteiger partial charge in [-0.15, -0.1) is 0 Å². The van der Waals surface area contributed by atoms with Gasteiger partial charge in [-0.05, 0) is 46.3 Å². The van der Waals surface area contributed by atoms with Crippen LogP contribution in [-0.2, 0) is 14.3 Å². The molecule has 94 valence electrons. The lowest BCUT2D eigenvalue weighted by Gasteiger charge is -2.10. The van der Waals surface area contributed by atoms with E-state index in [1.54, 1.807) is 45.9 Å². The molecule has 0 rings (SSSR count). The second-order valence-electron chi connectivity index (χ2n) is 3.93. The van der Waals surface area contributed by atoms with E-state index in [0.29, 0.717) is 5.57 Å². The van der Waals surface area contributed by atoms with Crippen molar-refractivity contribution in [3.63, 3.8) is 0 Å². The highest BCUT2D eigenvalue weighted by atomic mass is 16.5. The second-order valence-corrected chi connectivity index (χ2v) is 3.93. The molecule has 0 aromatic carbocycles. The van der Waals surface area contributed by atoms with Crippen LogP contribution in [0.3, 0.4) is 0 Å². The van der Waals surface area contributed by atoms with Crippen LogP contribution in [0.4, 0.5) is 0 Å². The number of carbonyl (C=O) groups is 2. The van der Waals surface area contributed by atoms with Gasteiger partial charge in [0.1, 0.15) is 0 Å². The molecule has 0 N–H and O–H groups in total. The zero-order valence-electron chi connectivity index (χ0n) is 11.1. The van der Waals surface area contributed by atoms with Crippen LogP contribution in [0.5, 0.6) is 0 Å². The SMILES string of the molecule is C/C=C\C(=O)C(OC(=O)C(C)/C=C\C)=C(C)C. The summed E-state index contributed by atoms with van der Waals surface area (Å²) in [5.41, 5.74) is 0.689. The molecule has 0 aliphatic rings. The van der Waals surface area contributed by atoms with Crippen molar-refractivity contribution < 1.29 is 14.3 Å². The minimum atomic E-state index is -0.419. The van der Waals surface area contributed by atoms with E-state index in [1.165, 1.54) is 6.08 Å². The molecule has 0 heterocycles. The fourth-order valence-electron chi connectivity index (χ4n) is 1.19. The topological polar surface area (TPSA) is 43.4 Å². The molecule has 17 heavy (non-hydrogen) atoms. The lowest BCUT2D eigenvalue weighted by atomic mass is 10.1. The van der Waals surface area contributed by atoms with Crippen molar-refractivity contribution in [1.29, 1.82) is 0 Å². The first kappa shape index (κ1) is 15.4. The van der Waals surface area contributed by atoms with Crippen molar-refractivity contribution in [2.75, 3.05) is 0 Å². The number of hydrogen-bond acceptors (Lipinski definition) is 3. The van der Waals surface area contributed by atoms with Gasteiger partial charge in [-0.3, -0.25) is 9.59 Å². The van der Waals surface area contributed by atoms with Crippen molar-refractivity contribution in [3.05, 3.63) is 35.6 Å². The van der Waals surface area contributed by atoms with E-state index in [2.05, 4.69) is 0 Å². The largest absolute Gasteiger partial charge is 0.422 e. The Bertz CT molecular complexity index is 369. The average molecular weight is 236 g/mol. The first-order chi connectivity index (χ1) is 7.93. The molecule has 0 aliphatic carbocycles. The number of hydrogen-bond donors (Lipinski definition) is 0. The molecule has 0 saturated heterocycles. The molecule has 0 bridgehead atoms. The molecule has 0 saturated carbocycles. The van der Waals surface area contributed by atoms with Gasteiger partial charge in [0.15, 0.2) is 5.76 Å². The predicted molar refractivity (Wildman–Crippen MR) is 68.3 cm³/mol. The Hall–Kier alpha value is -1.64. The summed E-state index contributed by atoms with van der Waals surface area (Å²) in [5, 5.41) is 0. The Morgan fingerprint density at radius 1 is 1.12 bits per heavy atom. The van der Waals surface area contributed by atoms with E-state index in [-0.39, 0.29) is 17.5 Å². The van der Waals surface area contributed by atoms with Crippen LogP contribution in [0, 0.1) is 5.92 Å². The van der Waals surface area contributed by atoms with Crippen LogP contribution in [0.25, 0.3) is 0 Å². The van der Waals surface area contributed by atoms with Crippen LogP contribution in [-0.4, -0.2) is 11.8 Å². The number of ketones is 1. The Kier molecular flexibility index (Phi) is 6.87. The lowest BCUT2D eigenvalue weighted by molar-refractivity contribution is -0.144. The molecular formula is C14H20O3. The summed E-state index contributed by atoms with van der Waals surface area (Å²) in [5.74, 6) is -0.942. The lowest BCUT2D eigenvalue weighted by Crippen LogP contribution is -2.16. The minimum Gasteiger partial charge on any atom is -0.422 e. The van der Waals surface area contributed by atoms with E-state index in [4.69, 9.17) is 4.74 Å². The van der Waals surface area contributed by atoms with Gasteiger partial charge in [-0.1, -0.05) is 18.2 Å². The number of carbonyl (C=O) groups excluding carboxylic acids is 2. The van der Waals surface area contributed by atoms with Crippen molar-refractivity contribution in [1.82, 2.24) is 0 Å². The van der Waals surface area contributed by atoms with E-state index < -0.39 is 5.97 Å². The summed E-state index contributed by atoms with van der Waals surface area (Å²) in [7, 11) is 0. The summed E-state index contributed by atoms with van der Waals surface area (Å²) in [6.45, 7) is 8.78. The number of rotatable bonds is 5. The molecule has 0 spiro atoms. The highest BCUT2D eigenvalue weighted by molar-refractivity contribution is 6.04. The molecule has 0 fully saturated rings. The standard InChI is InChI=1S/C14H20O3/c1-6-8-11(5)14(16)17-13(10(3)4)12(15)9-7-2/h6-9,11H,1-5H3/b8-6-,9-7-. The smallest absolute Gasteiger partial charge is 0.318 e. The van der Waals surface area contributed by atoms with Crippen LogP contribution in [0.15, 0.2) is 35.6 Å². The van der Waals surface area contributed by atoms with Gasteiger partial charge in [0.05, 0.1) is 5.92 Å². The van der Waals surface area contributed by atoms with Crippen molar-refractivity contribution in [2.24, 2.45) is 5.92 Å². The third kappa shape index (κ3) is 5.29. The molecule has 1 atom stereocenters. The fourth-order valence-corrected chi connectivity index (χ4v) is 1.19. The zero-order valence-corrected chi connectivity index (χ0v) is 11.1. The summed E-state index contributed by atoms with van der Waals surface area (Å²) >= 11 is 0. The summed E-state index contributed by atoms with van der Waals surface area (Å²) < 4.78 is 5.13. The van der Waals surface area contributed by atoms with Gasteiger partial charge < -0.3 is 4.74 Å². The average Bonchev–Trinajstić information content (AvgIpc) is 2.25. The molecule has 3 heteroatoms. The van der Waals surface area contributed by atoms with E-state index >= 15 is 0 Å². The molecule has 3 nitrogen and oxygen atoms in total. The first-order valence-corrected chi connectivity index (χ1v) is 5.63. The number of esters is 1. The maximum absolute atomic E-state index is 11.7. The second kappa shape index (κ2) is 7.60. The van der Waals surface area contributed by atoms with Crippen LogP contribution in [0.1, 0.15) is 34.6 Å². The molecule has 0 amide bonds. The Balaban J connectivity index is 4.88. The monoisotopic (exact) mass is 236 g/mol. The van der Waals surface area contributed by atoms with Crippen LogP contribution in [0.2, 0.25) is 0 Å². The van der Waals surface area contributed by atoms with E-state index in [0.717, 1.165) is 0 Å². The molecule has 0 radical (unpaired) electrons. The highest BCUT2D eigenvalue weighted by Crippen LogP contribution is 2.12. The highest BCUT2D eigenvalue weighted by Gasteiger charge is 2.18. The Morgan fingerprint density at radius 2 is 1.71 bits per heavy atom. The third-order valence-corrected chi connectivity index (χ3v) is 2.05. The first-order valence-electron chi connectivity index (χ1n) is 5.63. The molecule has 0 aliphatic heterocycles. The normalized spacial score (nSPS) is 12.8. The van der Waals surface area contributed by atoms with Crippen LogP contribution >= 0.6 is 0 Å². The number of allylic oxidation sites excluding steroid dienone is 4. The van der Waals surface area contributed by atoms with Crippen molar-refractivity contribution in [2.45, 2.75) is 34.6 Å². The number of ether oxygens (including phenoxy) is 1.